The molecule has 2 aromatic carbocycles. The molecular weight excluding hydrogens is 327 g/mol. The van der Waals surface area contributed by atoms with Crippen LogP contribution in [0.15, 0.2) is 52.7 Å². The molecule has 22 heavy (non-hydrogen) atoms. The van der Waals surface area contributed by atoms with Gasteiger partial charge in [0.2, 0.25) is 0 Å². The lowest BCUT2D eigenvalue weighted by atomic mass is 10.2. The highest BCUT2D eigenvalue weighted by molar-refractivity contribution is 7.98. The van der Waals surface area contributed by atoms with Gasteiger partial charge in [-0.05, 0) is 36.4 Å². The molecule has 0 bridgehead atoms. The van der Waals surface area contributed by atoms with Gasteiger partial charge >= 0.3 is 0 Å². The molecule has 0 radical (unpaired) electrons. The van der Waals surface area contributed by atoms with Crippen molar-refractivity contribution in [2.75, 3.05) is 0 Å². The van der Waals surface area contributed by atoms with Crippen molar-refractivity contribution >= 4 is 23.1 Å². The third-order valence-electron chi connectivity index (χ3n) is 2.93. The number of hydrogen-bond acceptors (Lipinski definition) is 3. The molecule has 0 aliphatic carbocycles. The van der Waals surface area contributed by atoms with E-state index in [2.05, 4.69) is 4.98 Å². The monoisotopic (exact) mass is 337 g/mol. The Labute approximate surface area is 133 Å². The first-order valence-corrected chi connectivity index (χ1v) is 8.27. The van der Waals surface area contributed by atoms with Crippen molar-refractivity contribution in [2.45, 2.75) is 10.6 Å². The summed E-state index contributed by atoms with van der Waals surface area (Å²) in [5.41, 5.74) is 0.641. The summed E-state index contributed by atoms with van der Waals surface area (Å²) in [6, 6.07) is 9.91. The predicted octanol–water partition coefficient (Wildman–Crippen LogP) is 5.52. The van der Waals surface area contributed by atoms with Gasteiger partial charge in [0.25, 0.3) is 0 Å². The molecule has 1 aromatic heterocycles. The van der Waals surface area contributed by atoms with Crippen LogP contribution >= 0.6 is 23.1 Å². The maximum atomic E-state index is 13.7. The van der Waals surface area contributed by atoms with Crippen molar-refractivity contribution in [2.24, 2.45) is 0 Å². The van der Waals surface area contributed by atoms with Crippen LogP contribution in [0.1, 0.15) is 5.69 Å². The van der Waals surface area contributed by atoms with Gasteiger partial charge in [-0.1, -0.05) is 6.07 Å². The first kappa shape index (κ1) is 15.1. The van der Waals surface area contributed by atoms with Crippen LogP contribution in [0.3, 0.4) is 0 Å². The highest BCUT2D eigenvalue weighted by atomic mass is 32.2. The lowest BCUT2D eigenvalue weighted by Gasteiger charge is -2.01. The number of thioether (sulfide) groups is 1. The largest absolute Gasteiger partial charge is 0.240 e. The molecule has 0 aliphatic heterocycles. The summed E-state index contributed by atoms with van der Waals surface area (Å²) >= 11 is 2.69. The van der Waals surface area contributed by atoms with Crippen LogP contribution in [0.4, 0.5) is 13.2 Å². The number of rotatable bonds is 4. The molecule has 0 saturated heterocycles. The predicted molar refractivity (Wildman–Crippen MR) is 83.4 cm³/mol. The fraction of sp³-hybridized carbons (Fsp3) is 0.0625. The van der Waals surface area contributed by atoms with Gasteiger partial charge in [-0.25, -0.2) is 18.2 Å². The molecule has 0 aliphatic rings. The highest BCUT2D eigenvalue weighted by Gasteiger charge is 2.14. The second kappa shape index (κ2) is 6.54. The number of nitrogens with zero attached hydrogens (tertiary/aromatic N) is 1. The summed E-state index contributed by atoms with van der Waals surface area (Å²) in [5, 5.41) is 2.10. The van der Waals surface area contributed by atoms with Gasteiger partial charge in [-0.2, -0.15) is 0 Å². The summed E-state index contributed by atoms with van der Waals surface area (Å²) in [6.45, 7) is 0. The minimum absolute atomic E-state index is 0.0921. The highest BCUT2D eigenvalue weighted by Crippen LogP contribution is 2.31. The fourth-order valence-corrected chi connectivity index (χ4v) is 3.64. The third kappa shape index (κ3) is 3.34. The second-order valence-electron chi connectivity index (χ2n) is 4.48. The van der Waals surface area contributed by atoms with Crippen LogP contribution in [0, 0.1) is 17.5 Å². The molecule has 3 aromatic rings. The van der Waals surface area contributed by atoms with Crippen molar-refractivity contribution in [3.63, 3.8) is 0 Å². The van der Waals surface area contributed by atoms with Crippen molar-refractivity contribution in [3.05, 3.63) is 71.0 Å². The minimum Gasteiger partial charge on any atom is -0.240 e. The Morgan fingerprint density at radius 3 is 2.32 bits per heavy atom. The minimum atomic E-state index is -0.618. The average Bonchev–Trinajstić information content (AvgIpc) is 2.95. The maximum absolute atomic E-state index is 13.7. The number of hydrogen-bond donors (Lipinski definition) is 0. The molecule has 112 valence electrons. The summed E-state index contributed by atoms with van der Waals surface area (Å²) in [6.07, 6.45) is 0. The van der Waals surface area contributed by atoms with E-state index in [0.717, 1.165) is 10.6 Å². The first-order chi connectivity index (χ1) is 10.6. The van der Waals surface area contributed by atoms with E-state index in [1.165, 1.54) is 53.4 Å². The van der Waals surface area contributed by atoms with Crippen LogP contribution in [-0.4, -0.2) is 4.98 Å². The third-order valence-corrected chi connectivity index (χ3v) is 4.88. The van der Waals surface area contributed by atoms with Gasteiger partial charge < -0.3 is 0 Å². The van der Waals surface area contributed by atoms with Gasteiger partial charge in [-0.15, -0.1) is 23.1 Å². The smallest absolute Gasteiger partial charge is 0.136 e. The zero-order valence-corrected chi connectivity index (χ0v) is 12.9. The Kier molecular flexibility index (Phi) is 4.49. The summed E-state index contributed by atoms with van der Waals surface area (Å²) in [5.74, 6) is -0.965. The molecule has 0 spiro atoms. The van der Waals surface area contributed by atoms with Crippen LogP contribution in [0.2, 0.25) is 0 Å². The molecule has 1 nitrogen and oxygen atoms in total. The van der Waals surface area contributed by atoms with Gasteiger partial charge in [0.05, 0.1) is 11.3 Å². The van der Waals surface area contributed by atoms with Crippen molar-refractivity contribution in [3.8, 4) is 10.6 Å². The van der Waals surface area contributed by atoms with Crippen LogP contribution in [0.25, 0.3) is 10.6 Å². The van der Waals surface area contributed by atoms with E-state index < -0.39 is 11.6 Å². The van der Waals surface area contributed by atoms with E-state index in [0.29, 0.717) is 10.8 Å². The van der Waals surface area contributed by atoms with Crippen molar-refractivity contribution in [1.82, 2.24) is 4.98 Å². The standard InChI is InChI=1S/C16H10F3NS2/c17-10-4-6-12(7-5-10)21-8-11-9-22-16(20-11)15-13(18)2-1-3-14(15)19/h1-7,9H,8H2. The second-order valence-corrected chi connectivity index (χ2v) is 6.39. The van der Waals surface area contributed by atoms with Gasteiger partial charge in [0.15, 0.2) is 0 Å². The van der Waals surface area contributed by atoms with Crippen molar-refractivity contribution in [1.29, 1.82) is 0 Å². The van der Waals surface area contributed by atoms with E-state index in [9.17, 15) is 13.2 Å². The van der Waals surface area contributed by atoms with Crippen LogP contribution in [0.5, 0.6) is 0 Å². The summed E-state index contributed by atoms with van der Waals surface area (Å²) < 4.78 is 40.3. The Bertz CT molecular complexity index is 764. The van der Waals surface area contributed by atoms with E-state index in [1.54, 1.807) is 17.5 Å². The zero-order chi connectivity index (χ0) is 15.5. The molecule has 0 saturated carbocycles. The fourth-order valence-electron chi connectivity index (χ4n) is 1.88. The Hall–Kier alpha value is -1.79. The molecule has 0 atom stereocenters. The Balaban J connectivity index is 1.75. The van der Waals surface area contributed by atoms with E-state index in [1.807, 2.05) is 0 Å². The summed E-state index contributed by atoms with van der Waals surface area (Å²) in [4.78, 5) is 5.19. The molecule has 3 rings (SSSR count). The van der Waals surface area contributed by atoms with Crippen LogP contribution in [-0.2, 0) is 5.75 Å². The maximum Gasteiger partial charge on any atom is 0.136 e. The number of benzene rings is 2. The van der Waals surface area contributed by atoms with E-state index in [-0.39, 0.29) is 11.4 Å². The van der Waals surface area contributed by atoms with Crippen LogP contribution < -0.4 is 0 Å². The molecule has 6 heteroatoms. The van der Waals surface area contributed by atoms with E-state index in [4.69, 9.17) is 0 Å². The number of aromatic nitrogens is 1. The van der Waals surface area contributed by atoms with Crippen molar-refractivity contribution < 1.29 is 13.2 Å². The molecule has 0 unspecified atom stereocenters. The number of halogens is 3. The lowest BCUT2D eigenvalue weighted by molar-refractivity contribution is 0.589. The SMILES string of the molecule is Fc1ccc(SCc2csc(-c3c(F)cccc3F)n2)cc1. The molecular formula is C16H10F3NS2. The van der Waals surface area contributed by atoms with Gasteiger partial charge in [0.1, 0.15) is 22.5 Å². The zero-order valence-electron chi connectivity index (χ0n) is 11.2. The van der Waals surface area contributed by atoms with Gasteiger partial charge in [-0.3, -0.25) is 0 Å². The average molecular weight is 337 g/mol. The van der Waals surface area contributed by atoms with Gasteiger partial charge in [0, 0.05) is 16.0 Å². The molecule has 1 heterocycles. The molecule has 0 fully saturated rings. The normalized spacial score (nSPS) is 10.9. The number of thiazole rings is 1. The lowest BCUT2D eigenvalue weighted by Crippen LogP contribution is -1.89. The van der Waals surface area contributed by atoms with E-state index >= 15 is 0 Å². The molecule has 0 amide bonds. The summed E-state index contributed by atoms with van der Waals surface area (Å²) in [7, 11) is 0. The Morgan fingerprint density at radius 2 is 1.64 bits per heavy atom. The molecule has 0 N–H and O–H groups in total. The first-order valence-electron chi connectivity index (χ1n) is 6.40. The quantitative estimate of drug-likeness (QED) is 0.581. The Morgan fingerprint density at radius 1 is 0.955 bits per heavy atom. The topological polar surface area (TPSA) is 12.9 Å².